The Hall–Kier alpha value is -1.80. The number of hydrogen-bond donors (Lipinski definition) is 1. The monoisotopic (exact) mass is 239 g/mol. The van der Waals surface area contributed by atoms with Gasteiger partial charge in [-0.05, 0) is 13.8 Å². The summed E-state index contributed by atoms with van der Waals surface area (Å²) in [7, 11) is 0. The third-order valence-corrected chi connectivity index (χ3v) is 2.25. The van der Waals surface area contributed by atoms with Crippen molar-refractivity contribution in [2.24, 2.45) is 0 Å². The number of nitrogens with two attached hydrogens (primary N) is 1. The summed E-state index contributed by atoms with van der Waals surface area (Å²) < 4.78 is 4.80. The molecule has 6 heteroatoms. The Bertz CT molecular complexity index is 480. The van der Waals surface area contributed by atoms with E-state index in [1.807, 2.05) is 0 Å². The summed E-state index contributed by atoms with van der Waals surface area (Å²) in [6.07, 6.45) is 0. The van der Waals surface area contributed by atoms with Crippen molar-refractivity contribution < 1.29 is 9.53 Å². The topological polar surface area (TPSA) is 89.0 Å². The number of carbonyl (C=O) groups is 1. The summed E-state index contributed by atoms with van der Waals surface area (Å²) in [5, 5.41) is 8.85. The van der Waals surface area contributed by atoms with Crippen LogP contribution in [0.1, 0.15) is 28.5 Å². The lowest BCUT2D eigenvalue weighted by Gasteiger charge is -2.09. The number of rotatable bonds is 2. The average molecular weight is 240 g/mol. The summed E-state index contributed by atoms with van der Waals surface area (Å²) in [4.78, 5) is 15.5. The van der Waals surface area contributed by atoms with E-state index in [2.05, 4.69) is 4.98 Å². The zero-order valence-corrected chi connectivity index (χ0v) is 9.63. The lowest BCUT2D eigenvalue weighted by molar-refractivity contribution is 0.0527. The van der Waals surface area contributed by atoms with Crippen molar-refractivity contribution in [3.05, 3.63) is 22.0 Å². The molecule has 1 aromatic rings. The van der Waals surface area contributed by atoms with Crippen molar-refractivity contribution in [1.82, 2.24) is 4.98 Å². The van der Waals surface area contributed by atoms with E-state index in [-0.39, 0.29) is 28.6 Å². The fraction of sp³-hybridized carbons (Fsp3) is 0.300. The van der Waals surface area contributed by atoms with Crippen LogP contribution in [0.25, 0.3) is 0 Å². The number of anilines is 1. The molecule has 0 saturated carbocycles. The van der Waals surface area contributed by atoms with E-state index in [0.29, 0.717) is 5.69 Å². The molecule has 1 aromatic heterocycles. The molecular weight excluding hydrogens is 230 g/mol. The van der Waals surface area contributed by atoms with Gasteiger partial charge in [0.25, 0.3) is 0 Å². The number of nitrogens with zero attached hydrogens (tertiary/aromatic N) is 2. The Balaban J connectivity index is 3.46. The number of pyridine rings is 1. The van der Waals surface area contributed by atoms with Gasteiger partial charge in [-0.15, -0.1) is 0 Å². The number of aryl methyl sites for hydroxylation is 1. The molecule has 0 radical (unpaired) electrons. The molecular formula is C10H10ClN3O2. The van der Waals surface area contributed by atoms with Crippen LogP contribution in [0.5, 0.6) is 0 Å². The van der Waals surface area contributed by atoms with Crippen LogP contribution < -0.4 is 5.73 Å². The number of esters is 1. The SMILES string of the molecule is CCOC(=O)c1c(N)c(C)nc(Cl)c1C#N. The predicted molar refractivity (Wildman–Crippen MR) is 59.1 cm³/mol. The van der Waals surface area contributed by atoms with Crippen LogP contribution in [-0.4, -0.2) is 17.6 Å². The lowest BCUT2D eigenvalue weighted by Crippen LogP contribution is -2.13. The van der Waals surface area contributed by atoms with Gasteiger partial charge >= 0.3 is 5.97 Å². The second-order valence-corrected chi connectivity index (χ2v) is 3.34. The smallest absolute Gasteiger partial charge is 0.341 e. The van der Waals surface area contributed by atoms with Gasteiger partial charge in [-0.25, -0.2) is 9.78 Å². The number of nitriles is 1. The standard InChI is InChI=1S/C10H10ClN3O2/c1-3-16-10(15)7-6(4-12)9(11)14-5(2)8(7)13/h3,13H2,1-2H3. The Morgan fingerprint density at radius 1 is 1.69 bits per heavy atom. The molecule has 0 unspecified atom stereocenters. The molecule has 0 bridgehead atoms. The van der Waals surface area contributed by atoms with Crippen LogP contribution >= 0.6 is 11.6 Å². The number of aromatic nitrogens is 1. The van der Waals surface area contributed by atoms with Crippen molar-refractivity contribution in [2.45, 2.75) is 13.8 Å². The highest BCUT2D eigenvalue weighted by Gasteiger charge is 2.21. The van der Waals surface area contributed by atoms with E-state index in [0.717, 1.165) is 0 Å². The molecule has 0 atom stereocenters. The van der Waals surface area contributed by atoms with Gasteiger partial charge in [-0.1, -0.05) is 11.6 Å². The summed E-state index contributed by atoms with van der Waals surface area (Å²) in [6.45, 7) is 3.46. The van der Waals surface area contributed by atoms with Crippen LogP contribution in [0.15, 0.2) is 0 Å². The molecule has 16 heavy (non-hydrogen) atoms. The summed E-state index contributed by atoms with van der Waals surface area (Å²) in [5.74, 6) is -0.663. The van der Waals surface area contributed by atoms with E-state index < -0.39 is 5.97 Å². The second-order valence-electron chi connectivity index (χ2n) is 2.98. The predicted octanol–water partition coefficient (Wildman–Crippen LogP) is 1.67. The Kier molecular flexibility index (Phi) is 3.69. The maximum atomic E-state index is 11.6. The van der Waals surface area contributed by atoms with Gasteiger partial charge in [-0.2, -0.15) is 5.26 Å². The van der Waals surface area contributed by atoms with E-state index >= 15 is 0 Å². The van der Waals surface area contributed by atoms with Crippen molar-refractivity contribution in [3.63, 3.8) is 0 Å². The number of hydrogen-bond acceptors (Lipinski definition) is 5. The van der Waals surface area contributed by atoms with Gasteiger partial charge in [0.15, 0.2) is 0 Å². The van der Waals surface area contributed by atoms with Crippen molar-refractivity contribution in [2.75, 3.05) is 12.3 Å². The first-order chi connectivity index (χ1) is 7.52. The number of nitrogen functional groups attached to an aromatic ring is 1. The fourth-order valence-electron chi connectivity index (χ4n) is 1.20. The van der Waals surface area contributed by atoms with E-state index in [9.17, 15) is 4.79 Å². The van der Waals surface area contributed by atoms with Gasteiger partial charge < -0.3 is 10.5 Å². The molecule has 0 aliphatic carbocycles. The van der Waals surface area contributed by atoms with Crippen LogP contribution in [0.4, 0.5) is 5.69 Å². The molecule has 0 aliphatic heterocycles. The van der Waals surface area contributed by atoms with Crippen LogP contribution in [-0.2, 0) is 4.74 Å². The third-order valence-electron chi connectivity index (χ3n) is 1.97. The molecule has 1 heterocycles. The van der Waals surface area contributed by atoms with Crippen LogP contribution in [0.3, 0.4) is 0 Å². The Labute approximate surface area is 97.8 Å². The number of carbonyl (C=O) groups excluding carboxylic acids is 1. The first kappa shape index (κ1) is 12.3. The molecule has 0 aromatic carbocycles. The zero-order valence-electron chi connectivity index (χ0n) is 8.87. The molecule has 0 saturated heterocycles. The third kappa shape index (κ3) is 2.07. The molecule has 0 spiro atoms. The minimum atomic E-state index is -0.663. The quantitative estimate of drug-likeness (QED) is 0.626. The minimum absolute atomic E-state index is 0.0122. The fourth-order valence-corrected chi connectivity index (χ4v) is 1.46. The van der Waals surface area contributed by atoms with Gasteiger partial charge in [0.1, 0.15) is 22.3 Å². The summed E-state index contributed by atoms with van der Waals surface area (Å²) in [6, 6.07) is 1.80. The van der Waals surface area contributed by atoms with Crippen molar-refractivity contribution in [3.8, 4) is 6.07 Å². The first-order valence-electron chi connectivity index (χ1n) is 4.55. The molecule has 0 aliphatic rings. The van der Waals surface area contributed by atoms with Gasteiger partial charge in [0.05, 0.1) is 18.0 Å². The summed E-state index contributed by atoms with van der Waals surface area (Å²) in [5.41, 5.74) is 6.14. The van der Waals surface area contributed by atoms with E-state index in [4.69, 9.17) is 27.3 Å². The normalized spacial score (nSPS) is 9.62. The molecule has 2 N–H and O–H groups in total. The first-order valence-corrected chi connectivity index (χ1v) is 4.93. The lowest BCUT2D eigenvalue weighted by atomic mass is 10.1. The van der Waals surface area contributed by atoms with E-state index in [1.54, 1.807) is 19.9 Å². The molecule has 84 valence electrons. The number of ether oxygens (including phenoxy) is 1. The highest BCUT2D eigenvalue weighted by Crippen LogP contribution is 2.25. The van der Waals surface area contributed by atoms with Crippen LogP contribution in [0, 0.1) is 18.3 Å². The Morgan fingerprint density at radius 2 is 2.31 bits per heavy atom. The molecule has 5 nitrogen and oxygen atoms in total. The zero-order chi connectivity index (χ0) is 12.3. The van der Waals surface area contributed by atoms with Crippen molar-refractivity contribution in [1.29, 1.82) is 5.26 Å². The maximum absolute atomic E-state index is 11.6. The molecule has 0 fully saturated rings. The maximum Gasteiger partial charge on any atom is 0.341 e. The highest BCUT2D eigenvalue weighted by atomic mass is 35.5. The Morgan fingerprint density at radius 3 is 2.81 bits per heavy atom. The van der Waals surface area contributed by atoms with Gasteiger partial charge in [-0.3, -0.25) is 0 Å². The second kappa shape index (κ2) is 4.81. The summed E-state index contributed by atoms with van der Waals surface area (Å²) >= 11 is 5.75. The average Bonchev–Trinajstić information content (AvgIpc) is 2.23. The van der Waals surface area contributed by atoms with E-state index in [1.165, 1.54) is 0 Å². The minimum Gasteiger partial charge on any atom is -0.462 e. The van der Waals surface area contributed by atoms with Crippen LogP contribution in [0.2, 0.25) is 5.15 Å². The van der Waals surface area contributed by atoms with Gasteiger partial charge in [0.2, 0.25) is 0 Å². The number of halogens is 1. The van der Waals surface area contributed by atoms with Gasteiger partial charge in [0, 0.05) is 0 Å². The molecule has 0 amide bonds. The molecule has 1 rings (SSSR count). The largest absolute Gasteiger partial charge is 0.462 e. The highest BCUT2D eigenvalue weighted by molar-refractivity contribution is 6.31. The van der Waals surface area contributed by atoms with Crippen molar-refractivity contribution >= 4 is 23.3 Å².